The number of rotatable bonds is 1. The van der Waals surface area contributed by atoms with Crippen LogP contribution in [0.1, 0.15) is 31.2 Å². The minimum Gasteiger partial charge on any atom is -0.506 e. The lowest BCUT2D eigenvalue weighted by Gasteiger charge is -2.25. The summed E-state index contributed by atoms with van der Waals surface area (Å²) < 4.78 is 13.6. The highest BCUT2D eigenvalue weighted by Gasteiger charge is 2.34. The van der Waals surface area contributed by atoms with Crippen molar-refractivity contribution in [3.8, 4) is 5.75 Å². The maximum atomic E-state index is 13.6. The molecule has 0 spiro atoms. The fourth-order valence-electron chi connectivity index (χ4n) is 2.19. The van der Waals surface area contributed by atoms with E-state index in [-0.39, 0.29) is 10.8 Å². The van der Waals surface area contributed by atoms with E-state index in [1.807, 2.05) is 0 Å². The summed E-state index contributed by atoms with van der Waals surface area (Å²) >= 11 is 5.75. The molecule has 1 saturated carbocycles. The van der Waals surface area contributed by atoms with Crippen LogP contribution in [0.4, 0.5) is 4.39 Å². The molecule has 15 heavy (non-hydrogen) atoms. The first-order valence-corrected chi connectivity index (χ1v) is 5.38. The number of aromatic hydroxyl groups is 1. The Hall–Kier alpha value is -0.800. The van der Waals surface area contributed by atoms with Crippen molar-refractivity contribution in [2.75, 3.05) is 0 Å². The molecule has 0 radical (unpaired) electrons. The first kappa shape index (κ1) is 10.7. The van der Waals surface area contributed by atoms with Gasteiger partial charge in [-0.25, -0.2) is 4.39 Å². The van der Waals surface area contributed by atoms with Crippen LogP contribution in [-0.2, 0) is 5.54 Å². The summed E-state index contributed by atoms with van der Waals surface area (Å²) in [5, 5.41) is 9.39. The molecule has 2 rings (SSSR count). The summed E-state index contributed by atoms with van der Waals surface area (Å²) in [4.78, 5) is 0. The molecule has 2 nitrogen and oxygen atoms in total. The maximum absolute atomic E-state index is 13.6. The molecule has 0 bridgehead atoms. The molecule has 3 N–H and O–H groups in total. The summed E-state index contributed by atoms with van der Waals surface area (Å²) in [5.41, 5.74) is 5.93. The van der Waals surface area contributed by atoms with Gasteiger partial charge in [-0.1, -0.05) is 24.4 Å². The second-order valence-electron chi connectivity index (χ2n) is 4.15. The predicted octanol–water partition coefficient (Wildman–Crippen LogP) is 2.91. The summed E-state index contributed by atoms with van der Waals surface area (Å²) in [6, 6.07) is 2.47. The van der Waals surface area contributed by atoms with Gasteiger partial charge in [0.15, 0.2) is 0 Å². The van der Waals surface area contributed by atoms with Crippen molar-refractivity contribution in [2.24, 2.45) is 5.73 Å². The van der Waals surface area contributed by atoms with Crippen molar-refractivity contribution in [1.29, 1.82) is 0 Å². The van der Waals surface area contributed by atoms with Crippen LogP contribution in [0.5, 0.6) is 5.75 Å². The molecule has 0 aromatic heterocycles. The lowest BCUT2D eigenvalue weighted by atomic mass is 9.89. The third kappa shape index (κ3) is 1.82. The van der Waals surface area contributed by atoms with Gasteiger partial charge in [-0.2, -0.15) is 0 Å². The minimum atomic E-state index is -0.610. The van der Waals surface area contributed by atoms with Gasteiger partial charge in [-0.05, 0) is 18.9 Å². The normalized spacial score (nSPS) is 19.4. The average Bonchev–Trinajstić information content (AvgIpc) is 2.60. The Morgan fingerprint density at radius 1 is 1.33 bits per heavy atom. The first-order chi connectivity index (χ1) is 7.03. The molecule has 0 unspecified atom stereocenters. The molecule has 4 heteroatoms. The molecular formula is C11H13ClFNO. The van der Waals surface area contributed by atoms with Crippen LogP contribution in [0.25, 0.3) is 0 Å². The Labute approximate surface area is 92.9 Å². The van der Waals surface area contributed by atoms with Gasteiger partial charge in [0.25, 0.3) is 0 Å². The molecule has 0 aliphatic heterocycles. The Balaban J connectivity index is 2.48. The molecule has 1 aliphatic carbocycles. The van der Waals surface area contributed by atoms with E-state index in [9.17, 15) is 9.50 Å². The number of phenolic OH excluding ortho intramolecular Hbond substituents is 1. The largest absolute Gasteiger partial charge is 0.506 e. The fraction of sp³-hybridized carbons (Fsp3) is 0.455. The van der Waals surface area contributed by atoms with Gasteiger partial charge in [0.2, 0.25) is 0 Å². The van der Waals surface area contributed by atoms with Gasteiger partial charge in [0, 0.05) is 17.2 Å². The third-order valence-electron chi connectivity index (χ3n) is 3.07. The highest BCUT2D eigenvalue weighted by atomic mass is 35.5. The standard InChI is InChI=1S/C11H13ClFNO/c12-8-5-7(9(13)6-10(8)15)11(14)3-1-2-4-11/h5-6,15H,1-4,14H2. The van der Waals surface area contributed by atoms with Crippen molar-refractivity contribution in [3.63, 3.8) is 0 Å². The Morgan fingerprint density at radius 3 is 2.53 bits per heavy atom. The van der Waals surface area contributed by atoms with E-state index in [4.69, 9.17) is 17.3 Å². The molecule has 0 saturated heterocycles. The molecule has 1 fully saturated rings. The van der Waals surface area contributed by atoms with E-state index in [1.54, 1.807) is 0 Å². The summed E-state index contributed by atoms with van der Waals surface area (Å²) in [7, 11) is 0. The second-order valence-corrected chi connectivity index (χ2v) is 4.55. The minimum absolute atomic E-state index is 0.156. The molecule has 1 aliphatic rings. The smallest absolute Gasteiger partial charge is 0.137 e. The quantitative estimate of drug-likeness (QED) is 0.778. The van der Waals surface area contributed by atoms with Crippen LogP contribution in [0, 0.1) is 5.82 Å². The number of phenols is 1. The molecule has 0 heterocycles. The summed E-state index contributed by atoms with van der Waals surface area (Å²) in [6.45, 7) is 0. The van der Waals surface area contributed by atoms with Crippen LogP contribution < -0.4 is 5.73 Å². The number of hydrogen-bond acceptors (Lipinski definition) is 2. The van der Waals surface area contributed by atoms with E-state index in [2.05, 4.69) is 0 Å². The van der Waals surface area contributed by atoms with Crippen molar-refractivity contribution in [1.82, 2.24) is 0 Å². The topological polar surface area (TPSA) is 46.2 Å². The molecular weight excluding hydrogens is 217 g/mol. The van der Waals surface area contributed by atoms with Crippen molar-refractivity contribution in [2.45, 2.75) is 31.2 Å². The van der Waals surface area contributed by atoms with Crippen LogP contribution in [0.2, 0.25) is 5.02 Å². The third-order valence-corrected chi connectivity index (χ3v) is 3.37. The highest BCUT2D eigenvalue weighted by Crippen LogP contribution is 2.40. The van der Waals surface area contributed by atoms with E-state index in [0.29, 0.717) is 5.56 Å². The monoisotopic (exact) mass is 229 g/mol. The fourth-order valence-corrected chi connectivity index (χ4v) is 2.36. The van der Waals surface area contributed by atoms with Gasteiger partial charge in [0.1, 0.15) is 11.6 Å². The van der Waals surface area contributed by atoms with Gasteiger partial charge in [0.05, 0.1) is 5.02 Å². The average molecular weight is 230 g/mol. The zero-order chi connectivity index (χ0) is 11.1. The lowest BCUT2D eigenvalue weighted by Crippen LogP contribution is -2.34. The van der Waals surface area contributed by atoms with Gasteiger partial charge in [-0.15, -0.1) is 0 Å². The SMILES string of the molecule is NC1(c2cc(Cl)c(O)cc2F)CCCC1. The van der Waals surface area contributed by atoms with Crippen LogP contribution in [0.15, 0.2) is 12.1 Å². The van der Waals surface area contributed by atoms with Crippen LogP contribution in [0.3, 0.4) is 0 Å². The van der Waals surface area contributed by atoms with Crippen molar-refractivity contribution < 1.29 is 9.50 Å². The second kappa shape index (κ2) is 3.65. The Bertz CT molecular complexity index is 388. The van der Waals surface area contributed by atoms with Crippen molar-refractivity contribution >= 4 is 11.6 Å². The van der Waals surface area contributed by atoms with E-state index in [1.165, 1.54) is 6.07 Å². The summed E-state index contributed by atoms with van der Waals surface area (Å²) in [5.74, 6) is -0.708. The lowest BCUT2D eigenvalue weighted by molar-refractivity contribution is 0.425. The number of halogens is 2. The highest BCUT2D eigenvalue weighted by molar-refractivity contribution is 6.32. The zero-order valence-electron chi connectivity index (χ0n) is 8.26. The van der Waals surface area contributed by atoms with Gasteiger partial charge < -0.3 is 10.8 Å². The number of benzene rings is 1. The zero-order valence-corrected chi connectivity index (χ0v) is 9.02. The summed E-state index contributed by atoms with van der Waals surface area (Å²) in [6.07, 6.45) is 3.55. The maximum Gasteiger partial charge on any atom is 0.137 e. The van der Waals surface area contributed by atoms with Crippen LogP contribution in [-0.4, -0.2) is 5.11 Å². The van der Waals surface area contributed by atoms with E-state index >= 15 is 0 Å². The molecule has 0 amide bonds. The molecule has 1 aromatic carbocycles. The molecule has 82 valence electrons. The van der Waals surface area contributed by atoms with E-state index in [0.717, 1.165) is 31.7 Å². The number of hydrogen-bond donors (Lipinski definition) is 2. The van der Waals surface area contributed by atoms with Gasteiger partial charge in [-0.3, -0.25) is 0 Å². The molecule has 1 aromatic rings. The number of nitrogens with two attached hydrogens (primary N) is 1. The first-order valence-electron chi connectivity index (χ1n) is 5.00. The van der Waals surface area contributed by atoms with Gasteiger partial charge >= 0.3 is 0 Å². The van der Waals surface area contributed by atoms with Crippen molar-refractivity contribution in [3.05, 3.63) is 28.5 Å². The molecule has 0 atom stereocenters. The predicted molar refractivity (Wildman–Crippen MR) is 57.4 cm³/mol. The van der Waals surface area contributed by atoms with E-state index < -0.39 is 11.4 Å². The van der Waals surface area contributed by atoms with Crippen LogP contribution >= 0.6 is 11.6 Å². The Morgan fingerprint density at radius 2 is 1.93 bits per heavy atom. The Kier molecular flexibility index (Phi) is 2.61.